The molecule has 1 unspecified atom stereocenters. The standard InChI is InChI=1S/C16H20N4O2/c1-11(2)20-16-13(9-19-20)6-12(8-18-16)7-17-14(10-21)15-4-3-5-22-15/h3-6,8-9,11,14,17,21H,7,10H2,1-2H3. The third kappa shape index (κ3) is 2.88. The summed E-state index contributed by atoms with van der Waals surface area (Å²) in [5.74, 6) is 0.726. The molecule has 116 valence electrons. The van der Waals surface area contributed by atoms with Crippen molar-refractivity contribution in [3.05, 3.63) is 48.2 Å². The summed E-state index contributed by atoms with van der Waals surface area (Å²) in [5.41, 5.74) is 1.93. The van der Waals surface area contributed by atoms with Gasteiger partial charge in [-0.2, -0.15) is 5.10 Å². The molecule has 6 nitrogen and oxygen atoms in total. The van der Waals surface area contributed by atoms with Crippen LogP contribution in [-0.2, 0) is 6.54 Å². The Morgan fingerprint density at radius 3 is 2.91 bits per heavy atom. The van der Waals surface area contributed by atoms with Gasteiger partial charge in [0.25, 0.3) is 0 Å². The molecule has 0 aromatic carbocycles. The lowest BCUT2D eigenvalue weighted by molar-refractivity contribution is 0.225. The molecule has 2 N–H and O–H groups in total. The molecule has 0 bridgehead atoms. The summed E-state index contributed by atoms with van der Waals surface area (Å²) in [5, 5.41) is 18.1. The Kier molecular flexibility index (Phi) is 4.22. The van der Waals surface area contributed by atoms with Crippen molar-refractivity contribution in [1.29, 1.82) is 0 Å². The van der Waals surface area contributed by atoms with E-state index in [1.165, 1.54) is 0 Å². The normalized spacial score (nSPS) is 13.1. The zero-order chi connectivity index (χ0) is 15.5. The predicted octanol–water partition coefficient (Wildman–Crippen LogP) is 2.43. The fourth-order valence-electron chi connectivity index (χ4n) is 2.45. The van der Waals surface area contributed by atoms with Crippen LogP contribution in [0.25, 0.3) is 11.0 Å². The minimum atomic E-state index is -0.218. The quantitative estimate of drug-likeness (QED) is 0.731. The van der Waals surface area contributed by atoms with Crippen molar-refractivity contribution < 1.29 is 9.52 Å². The topological polar surface area (TPSA) is 76.1 Å². The molecule has 0 aliphatic rings. The summed E-state index contributed by atoms with van der Waals surface area (Å²) in [6, 6.07) is 5.80. The van der Waals surface area contributed by atoms with Crippen LogP contribution in [0.5, 0.6) is 0 Å². The van der Waals surface area contributed by atoms with E-state index in [9.17, 15) is 5.11 Å². The van der Waals surface area contributed by atoms with Gasteiger partial charge in [0.2, 0.25) is 0 Å². The molecule has 1 atom stereocenters. The van der Waals surface area contributed by atoms with Crippen molar-refractivity contribution >= 4 is 11.0 Å². The first-order chi connectivity index (χ1) is 10.7. The summed E-state index contributed by atoms with van der Waals surface area (Å²) in [6.07, 6.45) is 5.28. The monoisotopic (exact) mass is 300 g/mol. The summed E-state index contributed by atoms with van der Waals surface area (Å²) >= 11 is 0. The highest BCUT2D eigenvalue weighted by molar-refractivity contribution is 5.75. The van der Waals surface area contributed by atoms with Crippen LogP contribution in [0.15, 0.2) is 41.3 Å². The number of aliphatic hydroxyl groups is 1. The third-order valence-electron chi connectivity index (χ3n) is 3.60. The second-order valence-corrected chi connectivity index (χ2v) is 5.57. The molecule has 0 saturated carbocycles. The number of aromatic nitrogens is 3. The van der Waals surface area contributed by atoms with Gasteiger partial charge in [-0.05, 0) is 37.6 Å². The minimum Gasteiger partial charge on any atom is -0.468 e. The number of aliphatic hydroxyl groups excluding tert-OH is 1. The molecule has 0 aliphatic heterocycles. The van der Waals surface area contributed by atoms with Crippen molar-refractivity contribution in [1.82, 2.24) is 20.1 Å². The van der Waals surface area contributed by atoms with E-state index in [4.69, 9.17) is 4.42 Å². The van der Waals surface area contributed by atoms with Gasteiger partial charge in [0.05, 0.1) is 25.1 Å². The fourth-order valence-corrected chi connectivity index (χ4v) is 2.45. The number of pyridine rings is 1. The van der Waals surface area contributed by atoms with Crippen LogP contribution in [-0.4, -0.2) is 26.5 Å². The SMILES string of the molecule is CC(C)n1ncc2cc(CNC(CO)c3ccco3)cnc21. The average Bonchev–Trinajstić information content (AvgIpc) is 3.16. The molecule has 0 saturated heterocycles. The molecule has 0 radical (unpaired) electrons. The highest BCUT2D eigenvalue weighted by Gasteiger charge is 2.13. The van der Waals surface area contributed by atoms with Crippen molar-refractivity contribution in [2.75, 3.05) is 6.61 Å². The first-order valence-electron chi connectivity index (χ1n) is 7.39. The number of nitrogens with one attached hydrogen (secondary N) is 1. The first-order valence-corrected chi connectivity index (χ1v) is 7.39. The molecular weight excluding hydrogens is 280 g/mol. The van der Waals surface area contributed by atoms with Gasteiger partial charge in [0.15, 0.2) is 5.65 Å². The summed E-state index contributed by atoms with van der Waals surface area (Å²) in [4.78, 5) is 4.50. The minimum absolute atomic E-state index is 0.0194. The zero-order valence-electron chi connectivity index (χ0n) is 12.7. The van der Waals surface area contributed by atoms with Crippen LogP contribution in [0.1, 0.15) is 37.3 Å². The number of hydrogen-bond acceptors (Lipinski definition) is 5. The lowest BCUT2D eigenvalue weighted by atomic mass is 10.2. The molecule has 0 aliphatic carbocycles. The van der Waals surface area contributed by atoms with E-state index in [1.54, 1.807) is 6.26 Å². The molecule has 3 aromatic rings. The molecule has 3 heterocycles. The highest BCUT2D eigenvalue weighted by Crippen LogP contribution is 2.18. The number of nitrogens with zero attached hydrogens (tertiary/aromatic N) is 3. The van der Waals surface area contributed by atoms with E-state index < -0.39 is 0 Å². The Bertz CT molecular complexity index is 734. The lowest BCUT2D eigenvalue weighted by Gasteiger charge is -2.13. The highest BCUT2D eigenvalue weighted by atomic mass is 16.3. The summed E-state index contributed by atoms with van der Waals surface area (Å²) in [6.45, 7) is 4.74. The average molecular weight is 300 g/mol. The lowest BCUT2D eigenvalue weighted by Crippen LogP contribution is -2.23. The Balaban J connectivity index is 1.74. The summed E-state index contributed by atoms with van der Waals surface area (Å²) < 4.78 is 7.23. The maximum absolute atomic E-state index is 9.46. The Morgan fingerprint density at radius 2 is 2.23 bits per heavy atom. The maximum atomic E-state index is 9.46. The number of rotatable bonds is 6. The second-order valence-electron chi connectivity index (χ2n) is 5.57. The van der Waals surface area contributed by atoms with E-state index in [1.807, 2.05) is 29.2 Å². The van der Waals surface area contributed by atoms with Gasteiger partial charge in [0.1, 0.15) is 5.76 Å². The Morgan fingerprint density at radius 1 is 1.36 bits per heavy atom. The molecular formula is C16H20N4O2. The molecule has 0 amide bonds. The van der Waals surface area contributed by atoms with Gasteiger partial charge in [-0.15, -0.1) is 0 Å². The van der Waals surface area contributed by atoms with Crippen LogP contribution < -0.4 is 5.32 Å². The molecule has 3 aromatic heterocycles. The van der Waals surface area contributed by atoms with Gasteiger partial charge >= 0.3 is 0 Å². The predicted molar refractivity (Wildman–Crippen MR) is 83.3 cm³/mol. The van der Waals surface area contributed by atoms with E-state index in [0.29, 0.717) is 6.54 Å². The molecule has 6 heteroatoms. The maximum Gasteiger partial charge on any atom is 0.157 e. The molecule has 0 spiro atoms. The van der Waals surface area contributed by atoms with Gasteiger partial charge in [-0.3, -0.25) is 0 Å². The van der Waals surface area contributed by atoms with E-state index in [0.717, 1.165) is 22.4 Å². The number of fused-ring (bicyclic) bond motifs is 1. The second kappa shape index (κ2) is 6.29. The Labute approximate surface area is 128 Å². The smallest absolute Gasteiger partial charge is 0.157 e. The van der Waals surface area contributed by atoms with Crippen molar-refractivity contribution in [2.24, 2.45) is 0 Å². The molecule has 3 rings (SSSR count). The van der Waals surface area contributed by atoms with Crippen LogP contribution in [0.4, 0.5) is 0 Å². The largest absolute Gasteiger partial charge is 0.468 e. The van der Waals surface area contributed by atoms with Crippen LogP contribution in [0.3, 0.4) is 0 Å². The molecule has 0 fully saturated rings. The molecule has 22 heavy (non-hydrogen) atoms. The third-order valence-corrected chi connectivity index (χ3v) is 3.60. The van der Waals surface area contributed by atoms with Gasteiger partial charge in [0, 0.05) is 24.2 Å². The van der Waals surface area contributed by atoms with Gasteiger partial charge in [-0.1, -0.05) is 0 Å². The van der Waals surface area contributed by atoms with Crippen molar-refractivity contribution in [2.45, 2.75) is 32.5 Å². The van der Waals surface area contributed by atoms with Crippen molar-refractivity contribution in [3.63, 3.8) is 0 Å². The van der Waals surface area contributed by atoms with Crippen LogP contribution >= 0.6 is 0 Å². The van der Waals surface area contributed by atoms with Crippen LogP contribution in [0.2, 0.25) is 0 Å². The van der Waals surface area contributed by atoms with Gasteiger partial charge < -0.3 is 14.8 Å². The Hall–Kier alpha value is -2.18. The fraction of sp³-hybridized carbons (Fsp3) is 0.375. The van der Waals surface area contributed by atoms with Gasteiger partial charge in [-0.25, -0.2) is 9.67 Å². The first kappa shape index (κ1) is 14.7. The van der Waals surface area contributed by atoms with E-state index in [2.05, 4.69) is 35.3 Å². The van der Waals surface area contributed by atoms with Crippen LogP contribution in [0, 0.1) is 0 Å². The van der Waals surface area contributed by atoms with E-state index >= 15 is 0 Å². The number of furan rings is 1. The number of hydrogen-bond donors (Lipinski definition) is 2. The zero-order valence-corrected chi connectivity index (χ0v) is 12.7. The van der Waals surface area contributed by atoms with E-state index in [-0.39, 0.29) is 18.7 Å². The summed E-state index contributed by atoms with van der Waals surface area (Å²) in [7, 11) is 0. The van der Waals surface area contributed by atoms with Crippen molar-refractivity contribution in [3.8, 4) is 0 Å².